The van der Waals surface area contributed by atoms with Crippen molar-refractivity contribution < 1.29 is 14.6 Å². The average molecular weight is 236 g/mol. The van der Waals surface area contributed by atoms with E-state index in [1.807, 2.05) is 0 Å². The molecule has 0 aliphatic rings. The molecular formula is C12H12O3S. The smallest absolute Gasteiger partial charge is 0.339 e. The van der Waals surface area contributed by atoms with Gasteiger partial charge in [0.05, 0.1) is 7.11 Å². The molecule has 0 aromatic heterocycles. The molecule has 84 valence electrons. The van der Waals surface area contributed by atoms with Crippen molar-refractivity contribution in [3.63, 3.8) is 0 Å². The number of thiol groups is 1. The van der Waals surface area contributed by atoms with Gasteiger partial charge >= 0.3 is 5.97 Å². The Bertz CT molecular complexity index is 443. The van der Waals surface area contributed by atoms with Crippen LogP contribution in [0, 0.1) is 11.8 Å². The maximum atomic E-state index is 10.8. The zero-order chi connectivity index (χ0) is 12.0. The van der Waals surface area contributed by atoms with Crippen molar-refractivity contribution in [1.29, 1.82) is 0 Å². The van der Waals surface area contributed by atoms with Crippen LogP contribution in [-0.4, -0.2) is 23.9 Å². The van der Waals surface area contributed by atoms with Crippen LogP contribution in [0.2, 0.25) is 0 Å². The summed E-state index contributed by atoms with van der Waals surface area (Å²) in [5.74, 6) is 5.86. The lowest BCUT2D eigenvalue weighted by molar-refractivity contribution is 0.0693. The predicted molar refractivity (Wildman–Crippen MR) is 65.3 cm³/mol. The van der Waals surface area contributed by atoms with Crippen LogP contribution >= 0.6 is 12.6 Å². The molecule has 16 heavy (non-hydrogen) atoms. The van der Waals surface area contributed by atoms with E-state index in [1.165, 1.54) is 13.2 Å². The summed E-state index contributed by atoms with van der Waals surface area (Å²) in [5, 5.41) is 8.88. The molecule has 1 aromatic rings. The van der Waals surface area contributed by atoms with Crippen LogP contribution in [0.5, 0.6) is 5.75 Å². The first-order valence-electron chi connectivity index (χ1n) is 4.70. The fourth-order valence-electron chi connectivity index (χ4n) is 1.17. The van der Waals surface area contributed by atoms with E-state index in [2.05, 4.69) is 24.5 Å². The van der Waals surface area contributed by atoms with Crippen LogP contribution in [0.3, 0.4) is 0 Å². The molecule has 0 unspecified atom stereocenters. The number of carbonyl (C=O) groups is 1. The standard InChI is InChI=1S/C12H12O3S/c1-15-11-8-9(4-2-3-7-16)5-6-10(11)12(13)14/h5-6,8,16H,3,7H2,1H3,(H,13,14). The Morgan fingerprint density at radius 2 is 2.31 bits per heavy atom. The van der Waals surface area contributed by atoms with Crippen LogP contribution in [0.4, 0.5) is 0 Å². The number of rotatable bonds is 3. The summed E-state index contributed by atoms with van der Waals surface area (Å²) in [4.78, 5) is 10.8. The third-order valence-corrected chi connectivity index (χ3v) is 2.13. The SMILES string of the molecule is COc1cc(C#CCCS)ccc1C(=O)O. The lowest BCUT2D eigenvalue weighted by atomic mass is 10.1. The molecule has 0 aliphatic heterocycles. The third-order valence-electron chi connectivity index (χ3n) is 1.90. The van der Waals surface area contributed by atoms with Gasteiger partial charge in [-0.2, -0.15) is 12.6 Å². The maximum Gasteiger partial charge on any atom is 0.339 e. The molecule has 1 rings (SSSR count). The molecule has 0 aliphatic carbocycles. The Morgan fingerprint density at radius 1 is 1.56 bits per heavy atom. The highest BCUT2D eigenvalue weighted by atomic mass is 32.1. The Morgan fingerprint density at radius 3 is 2.88 bits per heavy atom. The van der Waals surface area contributed by atoms with Gasteiger partial charge in [0, 0.05) is 17.7 Å². The lowest BCUT2D eigenvalue weighted by Crippen LogP contribution is -2.00. The van der Waals surface area contributed by atoms with Gasteiger partial charge < -0.3 is 9.84 Å². The maximum absolute atomic E-state index is 10.8. The molecule has 0 fully saturated rings. The molecule has 0 saturated heterocycles. The van der Waals surface area contributed by atoms with Crippen LogP contribution in [0.25, 0.3) is 0 Å². The van der Waals surface area contributed by atoms with Gasteiger partial charge in [0.15, 0.2) is 0 Å². The minimum absolute atomic E-state index is 0.141. The van der Waals surface area contributed by atoms with Crippen LogP contribution in [0.1, 0.15) is 22.3 Å². The summed E-state index contributed by atoms with van der Waals surface area (Å²) < 4.78 is 4.99. The Labute approximate surface area is 99.8 Å². The fraction of sp³-hybridized carbons (Fsp3) is 0.250. The highest BCUT2D eigenvalue weighted by Crippen LogP contribution is 2.19. The van der Waals surface area contributed by atoms with Crippen molar-refractivity contribution in [1.82, 2.24) is 0 Å². The average Bonchev–Trinajstić information content (AvgIpc) is 2.29. The second-order valence-corrected chi connectivity index (χ2v) is 3.44. The van der Waals surface area contributed by atoms with Crippen molar-refractivity contribution in [2.24, 2.45) is 0 Å². The summed E-state index contributed by atoms with van der Waals surface area (Å²) in [5.41, 5.74) is 0.880. The minimum Gasteiger partial charge on any atom is -0.496 e. The summed E-state index contributed by atoms with van der Waals surface area (Å²) >= 11 is 4.04. The van der Waals surface area contributed by atoms with Gasteiger partial charge in [-0.15, -0.1) is 0 Å². The van der Waals surface area contributed by atoms with Gasteiger partial charge in [0.1, 0.15) is 11.3 Å². The summed E-state index contributed by atoms with van der Waals surface area (Å²) in [6.45, 7) is 0. The van der Waals surface area contributed by atoms with E-state index in [-0.39, 0.29) is 5.56 Å². The molecule has 0 heterocycles. The van der Waals surface area contributed by atoms with E-state index in [0.717, 1.165) is 5.56 Å². The number of carboxylic acids is 1. The molecule has 1 N–H and O–H groups in total. The van der Waals surface area contributed by atoms with Crippen molar-refractivity contribution in [2.45, 2.75) is 6.42 Å². The number of hydrogen-bond donors (Lipinski definition) is 2. The first kappa shape index (κ1) is 12.5. The van der Waals surface area contributed by atoms with Gasteiger partial charge in [0.2, 0.25) is 0 Å². The second-order valence-electron chi connectivity index (χ2n) is 3.00. The van der Waals surface area contributed by atoms with E-state index < -0.39 is 5.97 Å². The summed E-state index contributed by atoms with van der Waals surface area (Å²) in [6, 6.07) is 4.78. The van der Waals surface area contributed by atoms with Gasteiger partial charge in [0.25, 0.3) is 0 Å². The molecule has 3 nitrogen and oxygen atoms in total. The van der Waals surface area contributed by atoms with Crippen LogP contribution < -0.4 is 4.74 Å². The highest BCUT2D eigenvalue weighted by Gasteiger charge is 2.10. The minimum atomic E-state index is -1.01. The van der Waals surface area contributed by atoms with Crippen molar-refractivity contribution in [3.8, 4) is 17.6 Å². The van der Waals surface area contributed by atoms with E-state index in [9.17, 15) is 4.79 Å². The quantitative estimate of drug-likeness (QED) is 0.624. The monoisotopic (exact) mass is 236 g/mol. The number of aromatic carboxylic acids is 1. The number of carboxylic acid groups (broad SMARTS) is 1. The number of ether oxygens (including phenoxy) is 1. The van der Waals surface area contributed by atoms with Gasteiger partial charge in [-0.3, -0.25) is 0 Å². The largest absolute Gasteiger partial charge is 0.496 e. The van der Waals surface area contributed by atoms with Gasteiger partial charge in [-0.25, -0.2) is 4.79 Å². The van der Waals surface area contributed by atoms with Gasteiger partial charge in [-0.1, -0.05) is 11.8 Å². The molecule has 0 radical (unpaired) electrons. The molecule has 4 heteroatoms. The third kappa shape index (κ3) is 3.21. The van der Waals surface area contributed by atoms with E-state index in [0.29, 0.717) is 17.9 Å². The van der Waals surface area contributed by atoms with Crippen molar-refractivity contribution >= 4 is 18.6 Å². The molecule has 0 amide bonds. The first-order chi connectivity index (χ1) is 7.69. The topological polar surface area (TPSA) is 46.5 Å². The molecule has 1 aromatic carbocycles. The number of methoxy groups -OCH3 is 1. The molecule has 0 bridgehead atoms. The molecular weight excluding hydrogens is 224 g/mol. The van der Waals surface area contributed by atoms with Crippen LogP contribution in [0.15, 0.2) is 18.2 Å². The fourth-order valence-corrected chi connectivity index (χ4v) is 1.28. The Kier molecular flexibility index (Phi) is 4.74. The van der Waals surface area contributed by atoms with Crippen molar-refractivity contribution in [3.05, 3.63) is 29.3 Å². The summed E-state index contributed by atoms with van der Waals surface area (Å²) in [7, 11) is 1.44. The van der Waals surface area contributed by atoms with E-state index >= 15 is 0 Å². The normalized spacial score (nSPS) is 9.12. The van der Waals surface area contributed by atoms with Crippen molar-refractivity contribution in [2.75, 3.05) is 12.9 Å². The Hall–Kier alpha value is -1.60. The predicted octanol–water partition coefficient (Wildman–Crippen LogP) is 2.06. The second kappa shape index (κ2) is 6.09. The zero-order valence-electron chi connectivity index (χ0n) is 8.86. The molecule has 0 atom stereocenters. The number of hydrogen-bond acceptors (Lipinski definition) is 3. The van der Waals surface area contributed by atoms with Crippen LogP contribution in [-0.2, 0) is 0 Å². The molecule has 0 spiro atoms. The zero-order valence-corrected chi connectivity index (χ0v) is 9.75. The first-order valence-corrected chi connectivity index (χ1v) is 5.33. The lowest BCUT2D eigenvalue weighted by Gasteiger charge is -2.04. The molecule has 0 saturated carbocycles. The highest BCUT2D eigenvalue weighted by molar-refractivity contribution is 7.80. The Balaban J connectivity index is 3.01. The van der Waals surface area contributed by atoms with E-state index in [4.69, 9.17) is 9.84 Å². The number of benzene rings is 1. The summed E-state index contributed by atoms with van der Waals surface area (Å²) in [6.07, 6.45) is 0.701. The van der Waals surface area contributed by atoms with E-state index in [1.54, 1.807) is 12.1 Å². The van der Waals surface area contributed by atoms with Gasteiger partial charge in [-0.05, 0) is 18.2 Å².